The van der Waals surface area contributed by atoms with Crippen LogP contribution in [0.25, 0.3) is 0 Å². The van der Waals surface area contributed by atoms with Crippen LogP contribution in [0.2, 0.25) is 15.8 Å². The van der Waals surface area contributed by atoms with Crippen molar-refractivity contribution in [3.63, 3.8) is 0 Å². The minimum absolute atomic E-state index is 0.407. The van der Waals surface area contributed by atoms with Gasteiger partial charge in [0.05, 0.1) is 0 Å². The Morgan fingerprint density at radius 3 is 0.938 bits per heavy atom. The molecule has 0 nitrogen and oxygen atoms in total. The van der Waals surface area contributed by atoms with Crippen LogP contribution in [0.3, 0.4) is 0 Å². The van der Waals surface area contributed by atoms with Crippen LogP contribution in [0, 0.1) is 17.8 Å². The van der Waals surface area contributed by atoms with Gasteiger partial charge in [0.25, 0.3) is 14.1 Å². The Balaban J connectivity index is 0.000000247. The Labute approximate surface area is 203 Å². The molecule has 0 unspecified atom stereocenters. The summed E-state index contributed by atoms with van der Waals surface area (Å²) in [6.07, 6.45) is 0. The number of hydrogen-bond donors (Lipinski definition) is 0. The molecule has 0 spiro atoms. The van der Waals surface area contributed by atoms with Crippen molar-refractivity contribution in [2.45, 2.75) is 57.4 Å². The molecule has 32 heavy (non-hydrogen) atoms. The molecule has 0 aromatic heterocycles. The second-order valence-electron chi connectivity index (χ2n) is 10.1. The third-order valence-electron chi connectivity index (χ3n) is 5.46. The van der Waals surface area contributed by atoms with Crippen molar-refractivity contribution in [3.05, 3.63) is 91.0 Å². The summed E-state index contributed by atoms with van der Waals surface area (Å²) in [5, 5.41) is 8.85. The van der Waals surface area contributed by atoms with Gasteiger partial charge in [-0.25, -0.2) is 0 Å². The monoisotopic (exact) mass is 460 g/mol. The van der Waals surface area contributed by atoms with Crippen LogP contribution in [-0.2, 0) is 0 Å². The van der Waals surface area contributed by atoms with E-state index in [0.717, 1.165) is 17.8 Å². The SMILES string of the molecule is CC(C)[CH2][Al]([CH2]C(C)C)[CH2]C(C)C.c1ccc(P(c2ccccc2)c2ccccc2)cc1. The maximum Gasteiger partial charge on any atom is 0.262 e. The van der Waals surface area contributed by atoms with E-state index in [1.807, 2.05) is 0 Å². The second-order valence-corrected chi connectivity index (χ2v) is 15.5. The Morgan fingerprint density at radius 2 is 0.719 bits per heavy atom. The van der Waals surface area contributed by atoms with Gasteiger partial charge < -0.3 is 0 Å². The molecule has 0 heterocycles. The molecule has 170 valence electrons. The Morgan fingerprint density at radius 1 is 0.469 bits per heavy atom. The lowest BCUT2D eigenvalue weighted by atomic mass is 10.2. The van der Waals surface area contributed by atoms with E-state index in [0.29, 0.717) is 0 Å². The number of benzene rings is 3. The summed E-state index contributed by atoms with van der Waals surface area (Å²) in [5.41, 5.74) is 0. The summed E-state index contributed by atoms with van der Waals surface area (Å²) in [6.45, 7) is 14.3. The molecule has 0 N–H and O–H groups in total. The minimum atomic E-state index is -0.446. The van der Waals surface area contributed by atoms with Gasteiger partial charge in [-0.15, -0.1) is 0 Å². The molecular formula is C30H42AlP. The first kappa shape index (κ1) is 26.9. The molecule has 0 fully saturated rings. The summed E-state index contributed by atoms with van der Waals surface area (Å²) >= 11 is -0.407. The molecule has 3 aromatic rings. The van der Waals surface area contributed by atoms with Crippen molar-refractivity contribution < 1.29 is 0 Å². The Bertz CT molecular complexity index is 726. The van der Waals surface area contributed by atoms with Crippen LogP contribution in [0.5, 0.6) is 0 Å². The van der Waals surface area contributed by atoms with Gasteiger partial charge in [-0.1, -0.05) is 166 Å². The molecular weight excluding hydrogens is 418 g/mol. The van der Waals surface area contributed by atoms with E-state index >= 15 is 0 Å². The van der Waals surface area contributed by atoms with Crippen molar-refractivity contribution >= 4 is 38.0 Å². The van der Waals surface area contributed by atoms with Crippen LogP contribution < -0.4 is 15.9 Å². The van der Waals surface area contributed by atoms with Gasteiger partial charge in [-0.3, -0.25) is 0 Å². The van der Waals surface area contributed by atoms with E-state index in [-0.39, 0.29) is 0 Å². The topological polar surface area (TPSA) is 0 Å². The molecule has 0 saturated heterocycles. The second kappa shape index (κ2) is 14.7. The highest BCUT2D eigenvalue weighted by atomic mass is 31.1. The predicted molar refractivity (Wildman–Crippen MR) is 150 cm³/mol. The fourth-order valence-corrected chi connectivity index (χ4v) is 11.3. The number of rotatable bonds is 9. The zero-order chi connectivity index (χ0) is 23.3. The maximum absolute atomic E-state index is 2.38. The normalized spacial score (nSPS) is 11.1. The lowest BCUT2D eigenvalue weighted by molar-refractivity contribution is 0.659. The van der Waals surface area contributed by atoms with Gasteiger partial charge >= 0.3 is 0 Å². The molecule has 0 aliphatic carbocycles. The van der Waals surface area contributed by atoms with Gasteiger partial charge in [-0.05, 0) is 23.8 Å². The van der Waals surface area contributed by atoms with E-state index in [2.05, 4.69) is 133 Å². The lowest BCUT2D eigenvalue weighted by Gasteiger charge is -2.18. The molecule has 0 aliphatic rings. The summed E-state index contributed by atoms with van der Waals surface area (Å²) in [5.74, 6) is 2.78. The van der Waals surface area contributed by atoms with Gasteiger partial charge in [-0.2, -0.15) is 0 Å². The van der Waals surface area contributed by atoms with Crippen LogP contribution in [0.15, 0.2) is 91.0 Å². The molecule has 0 radical (unpaired) electrons. The molecule has 0 atom stereocenters. The van der Waals surface area contributed by atoms with Crippen molar-refractivity contribution in [2.24, 2.45) is 17.8 Å². The zero-order valence-corrected chi connectivity index (χ0v) is 23.1. The molecule has 3 rings (SSSR count). The van der Waals surface area contributed by atoms with E-state index in [4.69, 9.17) is 0 Å². The van der Waals surface area contributed by atoms with E-state index in [9.17, 15) is 0 Å². The zero-order valence-electron chi connectivity index (χ0n) is 21.0. The first-order valence-electron chi connectivity index (χ1n) is 12.3. The fourth-order valence-electron chi connectivity index (χ4n) is 4.47. The number of hydrogen-bond acceptors (Lipinski definition) is 0. The predicted octanol–water partition coefficient (Wildman–Crippen LogP) is 7.89. The van der Waals surface area contributed by atoms with E-state index in [1.54, 1.807) is 15.8 Å². The van der Waals surface area contributed by atoms with Gasteiger partial charge in [0, 0.05) is 0 Å². The Kier molecular flexibility index (Phi) is 12.3. The molecule has 0 aliphatic heterocycles. The van der Waals surface area contributed by atoms with E-state index in [1.165, 1.54) is 15.9 Å². The third-order valence-corrected chi connectivity index (χ3v) is 12.7. The van der Waals surface area contributed by atoms with Crippen molar-refractivity contribution in [2.75, 3.05) is 0 Å². The highest BCUT2D eigenvalue weighted by Crippen LogP contribution is 2.32. The third kappa shape index (κ3) is 10.0. The fraction of sp³-hybridized carbons (Fsp3) is 0.400. The minimum Gasteiger partial charge on any atom is -0.0915 e. The molecule has 2 heteroatoms. The van der Waals surface area contributed by atoms with Crippen LogP contribution in [0.4, 0.5) is 0 Å². The van der Waals surface area contributed by atoms with Crippen LogP contribution >= 0.6 is 7.92 Å². The van der Waals surface area contributed by atoms with Crippen molar-refractivity contribution in [1.82, 2.24) is 0 Å². The maximum atomic E-state index is 2.38. The van der Waals surface area contributed by atoms with Crippen LogP contribution in [0.1, 0.15) is 41.5 Å². The van der Waals surface area contributed by atoms with Gasteiger partial charge in [0.1, 0.15) is 0 Å². The van der Waals surface area contributed by atoms with Gasteiger partial charge in [0.15, 0.2) is 0 Å². The largest absolute Gasteiger partial charge is 0.262 e. The summed E-state index contributed by atoms with van der Waals surface area (Å²) in [4.78, 5) is 0. The molecule has 3 aromatic carbocycles. The average Bonchev–Trinajstić information content (AvgIpc) is 2.75. The Hall–Kier alpha value is -1.38. The molecule has 0 saturated carbocycles. The van der Waals surface area contributed by atoms with Crippen LogP contribution in [-0.4, -0.2) is 14.1 Å². The van der Waals surface area contributed by atoms with Crippen molar-refractivity contribution in [1.29, 1.82) is 0 Å². The van der Waals surface area contributed by atoms with E-state index < -0.39 is 22.1 Å². The summed E-state index contributed by atoms with van der Waals surface area (Å²) in [7, 11) is -0.446. The first-order chi connectivity index (χ1) is 15.4. The lowest BCUT2D eigenvalue weighted by Crippen LogP contribution is -2.20. The summed E-state index contributed by atoms with van der Waals surface area (Å²) in [6, 6.07) is 32.3. The highest BCUT2D eigenvalue weighted by molar-refractivity contribution is 7.79. The quantitative estimate of drug-likeness (QED) is 0.225. The van der Waals surface area contributed by atoms with Crippen molar-refractivity contribution in [3.8, 4) is 0 Å². The highest BCUT2D eigenvalue weighted by Gasteiger charge is 2.20. The standard InChI is InChI=1S/C18H15P.3C4H9.Al/c1-4-10-16(11-5-1)19(17-12-6-2-7-13-17)18-14-8-3-9-15-18;3*1-4(2)3;/h1-15H;3*4H,1H2,2-3H3;. The molecule has 0 bridgehead atoms. The smallest absolute Gasteiger partial charge is 0.0915 e. The first-order valence-corrected chi connectivity index (χ1v) is 16.1. The summed E-state index contributed by atoms with van der Waals surface area (Å²) < 4.78 is 0. The molecule has 0 amide bonds. The average molecular weight is 461 g/mol. The van der Waals surface area contributed by atoms with Gasteiger partial charge in [0.2, 0.25) is 0 Å².